The molecule has 0 spiro atoms. The van der Waals surface area contributed by atoms with E-state index in [1.165, 1.54) is 6.07 Å². The lowest BCUT2D eigenvalue weighted by Gasteiger charge is -2.15. The van der Waals surface area contributed by atoms with Gasteiger partial charge in [-0.05, 0) is 43.7 Å². The van der Waals surface area contributed by atoms with Crippen LogP contribution in [0.2, 0.25) is 0 Å². The highest BCUT2D eigenvalue weighted by Gasteiger charge is 2.11. The minimum Gasteiger partial charge on any atom is -0.489 e. The summed E-state index contributed by atoms with van der Waals surface area (Å²) in [5, 5.41) is 3.28. The Bertz CT molecular complexity index is 560. The lowest BCUT2D eigenvalue weighted by atomic mass is 10.1. The van der Waals surface area contributed by atoms with E-state index in [4.69, 9.17) is 4.74 Å². The van der Waals surface area contributed by atoms with Gasteiger partial charge in [0.1, 0.15) is 18.2 Å². The van der Waals surface area contributed by atoms with Crippen LogP contribution in [0.3, 0.4) is 0 Å². The molecule has 21 heavy (non-hydrogen) atoms. The van der Waals surface area contributed by atoms with Crippen LogP contribution in [0.1, 0.15) is 37.4 Å². The van der Waals surface area contributed by atoms with Crippen LogP contribution in [-0.4, -0.2) is 11.5 Å². The summed E-state index contributed by atoms with van der Waals surface area (Å²) in [4.78, 5) is 3.95. The van der Waals surface area contributed by atoms with Gasteiger partial charge in [-0.2, -0.15) is 0 Å². The maximum absolute atomic E-state index is 14.1. The standard InChI is InChI=1S/C17H21FN2O/c1-3-8-20-13(2)16-5-4-15(11-17(16)18)21-12-14-6-9-19-10-7-14/h4-7,9-11,13,20H,3,8,12H2,1-2H3. The Morgan fingerprint density at radius 3 is 2.67 bits per heavy atom. The van der Waals surface area contributed by atoms with Crippen LogP contribution in [0.4, 0.5) is 4.39 Å². The largest absolute Gasteiger partial charge is 0.489 e. The molecule has 1 unspecified atom stereocenters. The van der Waals surface area contributed by atoms with Crippen molar-refractivity contribution < 1.29 is 9.13 Å². The summed E-state index contributed by atoms with van der Waals surface area (Å²) in [5.41, 5.74) is 1.67. The molecule has 0 bridgehead atoms. The molecule has 0 saturated carbocycles. The molecule has 1 N–H and O–H groups in total. The zero-order chi connectivity index (χ0) is 15.1. The Morgan fingerprint density at radius 1 is 1.24 bits per heavy atom. The normalized spacial score (nSPS) is 12.1. The fourth-order valence-corrected chi connectivity index (χ4v) is 2.07. The molecular formula is C17H21FN2O. The third-order valence-electron chi connectivity index (χ3n) is 3.29. The number of pyridine rings is 1. The van der Waals surface area contributed by atoms with E-state index in [1.807, 2.05) is 25.1 Å². The van der Waals surface area contributed by atoms with E-state index < -0.39 is 0 Å². The molecular weight excluding hydrogens is 267 g/mol. The molecule has 0 aliphatic heterocycles. The van der Waals surface area contributed by atoms with Crippen LogP contribution in [0.25, 0.3) is 0 Å². The van der Waals surface area contributed by atoms with E-state index in [1.54, 1.807) is 18.5 Å². The Balaban J connectivity index is 1.98. The monoisotopic (exact) mass is 288 g/mol. The van der Waals surface area contributed by atoms with Crippen LogP contribution in [-0.2, 0) is 6.61 Å². The number of rotatable bonds is 7. The summed E-state index contributed by atoms with van der Waals surface area (Å²) in [5.74, 6) is 0.300. The fourth-order valence-electron chi connectivity index (χ4n) is 2.07. The van der Waals surface area contributed by atoms with Gasteiger partial charge in [0.25, 0.3) is 0 Å². The molecule has 1 aromatic heterocycles. The molecule has 3 nitrogen and oxygen atoms in total. The average molecular weight is 288 g/mol. The minimum atomic E-state index is -0.238. The predicted octanol–water partition coefficient (Wildman–Crippen LogP) is 3.86. The lowest BCUT2D eigenvalue weighted by Crippen LogP contribution is -2.20. The van der Waals surface area contributed by atoms with Crippen LogP contribution in [0.15, 0.2) is 42.7 Å². The van der Waals surface area contributed by atoms with Crippen LogP contribution >= 0.6 is 0 Å². The second-order valence-electron chi connectivity index (χ2n) is 5.00. The fraction of sp³-hybridized carbons (Fsp3) is 0.353. The highest BCUT2D eigenvalue weighted by molar-refractivity contribution is 5.31. The van der Waals surface area contributed by atoms with Crippen molar-refractivity contribution in [3.05, 3.63) is 59.7 Å². The predicted molar refractivity (Wildman–Crippen MR) is 81.7 cm³/mol. The number of ether oxygens (including phenoxy) is 1. The number of hydrogen-bond donors (Lipinski definition) is 1. The maximum atomic E-state index is 14.1. The lowest BCUT2D eigenvalue weighted by molar-refractivity contribution is 0.304. The van der Waals surface area contributed by atoms with Gasteiger partial charge in [0.05, 0.1) is 0 Å². The zero-order valence-electron chi connectivity index (χ0n) is 12.5. The molecule has 1 heterocycles. The zero-order valence-corrected chi connectivity index (χ0v) is 12.5. The molecule has 4 heteroatoms. The van der Waals surface area contributed by atoms with Crippen molar-refractivity contribution in [2.24, 2.45) is 0 Å². The molecule has 2 rings (SSSR count). The van der Waals surface area contributed by atoms with Crippen molar-refractivity contribution in [2.75, 3.05) is 6.54 Å². The Hall–Kier alpha value is -1.94. The molecule has 0 fully saturated rings. The van der Waals surface area contributed by atoms with Crippen molar-refractivity contribution in [1.82, 2.24) is 10.3 Å². The van der Waals surface area contributed by atoms with Gasteiger partial charge in [0, 0.05) is 30.1 Å². The SMILES string of the molecule is CCCNC(C)c1ccc(OCc2ccncc2)cc1F. The number of nitrogens with zero attached hydrogens (tertiary/aromatic N) is 1. The summed E-state index contributed by atoms with van der Waals surface area (Å²) in [6.45, 7) is 5.34. The third-order valence-corrected chi connectivity index (χ3v) is 3.29. The highest BCUT2D eigenvalue weighted by atomic mass is 19.1. The van der Waals surface area contributed by atoms with Crippen molar-refractivity contribution in [3.63, 3.8) is 0 Å². The van der Waals surface area contributed by atoms with Gasteiger partial charge in [-0.25, -0.2) is 4.39 Å². The van der Waals surface area contributed by atoms with E-state index >= 15 is 0 Å². The van der Waals surface area contributed by atoms with E-state index in [0.717, 1.165) is 18.5 Å². The summed E-state index contributed by atoms with van der Waals surface area (Å²) in [7, 11) is 0. The molecule has 0 aliphatic rings. The number of benzene rings is 1. The summed E-state index contributed by atoms with van der Waals surface area (Å²) >= 11 is 0. The summed E-state index contributed by atoms with van der Waals surface area (Å²) in [6.07, 6.45) is 4.45. The van der Waals surface area contributed by atoms with Gasteiger partial charge in [-0.3, -0.25) is 4.98 Å². The number of hydrogen-bond acceptors (Lipinski definition) is 3. The second-order valence-corrected chi connectivity index (χ2v) is 5.00. The maximum Gasteiger partial charge on any atom is 0.131 e. The first-order valence-corrected chi connectivity index (χ1v) is 7.25. The molecule has 0 amide bonds. The third kappa shape index (κ3) is 4.53. The molecule has 2 aromatic rings. The van der Waals surface area contributed by atoms with Gasteiger partial charge < -0.3 is 10.1 Å². The van der Waals surface area contributed by atoms with Gasteiger partial charge in [-0.1, -0.05) is 13.0 Å². The summed E-state index contributed by atoms with van der Waals surface area (Å²) in [6, 6.07) is 8.79. The van der Waals surface area contributed by atoms with Crippen LogP contribution in [0, 0.1) is 5.82 Å². The van der Waals surface area contributed by atoms with Crippen molar-refractivity contribution in [2.45, 2.75) is 32.9 Å². The molecule has 112 valence electrons. The average Bonchev–Trinajstić information content (AvgIpc) is 2.51. The van der Waals surface area contributed by atoms with Gasteiger partial charge >= 0.3 is 0 Å². The van der Waals surface area contributed by atoms with Crippen molar-refractivity contribution >= 4 is 0 Å². The van der Waals surface area contributed by atoms with Crippen LogP contribution in [0.5, 0.6) is 5.75 Å². The van der Waals surface area contributed by atoms with E-state index in [-0.39, 0.29) is 11.9 Å². The number of halogens is 1. The molecule has 0 aliphatic carbocycles. The number of aromatic nitrogens is 1. The Kier molecular flexibility index (Phi) is 5.69. The topological polar surface area (TPSA) is 34.1 Å². The molecule has 0 radical (unpaired) electrons. The molecule has 1 aromatic carbocycles. The van der Waals surface area contributed by atoms with E-state index in [2.05, 4.69) is 17.2 Å². The summed E-state index contributed by atoms with van der Waals surface area (Å²) < 4.78 is 19.7. The first-order valence-electron chi connectivity index (χ1n) is 7.25. The first-order chi connectivity index (χ1) is 10.2. The van der Waals surface area contributed by atoms with Crippen molar-refractivity contribution in [3.8, 4) is 5.75 Å². The molecule has 1 atom stereocenters. The Labute approximate surface area is 125 Å². The highest BCUT2D eigenvalue weighted by Crippen LogP contribution is 2.22. The minimum absolute atomic E-state index is 0.000743. The van der Waals surface area contributed by atoms with Crippen LogP contribution < -0.4 is 10.1 Å². The number of nitrogens with one attached hydrogen (secondary N) is 1. The van der Waals surface area contributed by atoms with Gasteiger partial charge in [0.2, 0.25) is 0 Å². The smallest absolute Gasteiger partial charge is 0.131 e. The second kappa shape index (κ2) is 7.74. The van der Waals surface area contributed by atoms with Gasteiger partial charge in [0.15, 0.2) is 0 Å². The van der Waals surface area contributed by atoms with Crippen molar-refractivity contribution in [1.29, 1.82) is 0 Å². The quantitative estimate of drug-likeness (QED) is 0.840. The Morgan fingerprint density at radius 2 is 2.00 bits per heavy atom. The van der Waals surface area contributed by atoms with E-state index in [0.29, 0.717) is 17.9 Å². The molecule has 0 saturated heterocycles. The van der Waals surface area contributed by atoms with E-state index in [9.17, 15) is 4.39 Å². The van der Waals surface area contributed by atoms with Gasteiger partial charge in [-0.15, -0.1) is 0 Å². The first kappa shape index (κ1) is 15.4.